The number of nitrogens with two attached hydrogens (primary N) is 1. The zero-order chi connectivity index (χ0) is 12.1. The number of anilines is 1. The highest BCUT2D eigenvalue weighted by molar-refractivity contribution is 7.16. The van der Waals surface area contributed by atoms with E-state index in [9.17, 15) is 0 Å². The zero-order valence-electron chi connectivity index (χ0n) is 10.1. The maximum absolute atomic E-state index is 6.02. The lowest BCUT2D eigenvalue weighted by Gasteiger charge is -2.08. The van der Waals surface area contributed by atoms with E-state index in [0.717, 1.165) is 29.0 Å². The van der Waals surface area contributed by atoms with Crippen LogP contribution in [0.1, 0.15) is 32.6 Å². The molecule has 0 spiro atoms. The summed E-state index contributed by atoms with van der Waals surface area (Å²) in [5.41, 5.74) is 9.36. The molecule has 0 radical (unpaired) electrons. The maximum atomic E-state index is 6.02. The van der Waals surface area contributed by atoms with E-state index in [1.807, 2.05) is 17.6 Å². The van der Waals surface area contributed by atoms with Gasteiger partial charge in [-0.2, -0.15) is 0 Å². The Morgan fingerprint density at radius 3 is 3.00 bits per heavy atom. The molecular formula is C13H18N2OS. The standard InChI is InChI=1S/C13H18N2OS/c1-2-3-4-5-8-16-10-6-7-11-13(12(10)14)15-9-17-11/h6-7,9H,2-5,8,14H2,1H3. The van der Waals surface area contributed by atoms with Gasteiger partial charge in [0.2, 0.25) is 0 Å². The van der Waals surface area contributed by atoms with Gasteiger partial charge >= 0.3 is 0 Å². The van der Waals surface area contributed by atoms with Crippen LogP contribution < -0.4 is 10.5 Å². The fraction of sp³-hybridized carbons (Fsp3) is 0.462. The predicted octanol–water partition coefficient (Wildman–Crippen LogP) is 3.84. The second-order valence-electron chi connectivity index (χ2n) is 4.09. The second-order valence-corrected chi connectivity index (χ2v) is 4.97. The van der Waals surface area contributed by atoms with Crippen molar-refractivity contribution in [2.24, 2.45) is 0 Å². The molecule has 1 heterocycles. The highest BCUT2D eigenvalue weighted by Gasteiger charge is 2.07. The molecule has 17 heavy (non-hydrogen) atoms. The number of fused-ring (bicyclic) bond motifs is 1. The molecule has 0 aliphatic heterocycles. The maximum Gasteiger partial charge on any atom is 0.144 e. The molecule has 0 bridgehead atoms. The van der Waals surface area contributed by atoms with Crippen molar-refractivity contribution in [2.45, 2.75) is 32.6 Å². The number of thiazole rings is 1. The molecule has 2 aromatic rings. The number of benzene rings is 1. The minimum atomic E-state index is 0.666. The van der Waals surface area contributed by atoms with Crippen LogP contribution in [0.5, 0.6) is 5.75 Å². The summed E-state index contributed by atoms with van der Waals surface area (Å²) in [6.07, 6.45) is 4.81. The van der Waals surface area contributed by atoms with E-state index in [-0.39, 0.29) is 0 Å². The van der Waals surface area contributed by atoms with Gasteiger partial charge in [0, 0.05) is 0 Å². The zero-order valence-corrected chi connectivity index (χ0v) is 10.9. The molecule has 1 aromatic heterocycles. The van der Waals surface area contributed by atoms with Gasteiger partial charge in [-0.15, -0.1) is 11.3 Å². The molecule has 0 fully saturated rings. The SMILES string of the molecule is CCCCCCOc1ccc2scnc2c1N. The Morgan fingerprint density at radius 2 is 2.18 bits per heavy atom. The van der Waals surface area contributed by atoms with Crippen molar-refractivity contribution >= 4 is 27.2 Å². The van der Waals surface area contributed by atoms with Crippen molar-refractivity contribution in [1.29, 1.82) is 0 Å². The molecule has 92 valence electrons. The van der Waals surface area contributed by atoms with Gasteiger partial charge in [0.25, 0.3) is 0 Å². The van der Waals surface area contributed by atoms with Crippen LogP contribution in [-0.2, 0) is 0 Å². The van der Waals surface area contributed by atoms with Crippen LogP contribution in [0.25, 0.3) is 10.2 Å². The van der Waals surface area contributed by atoms with Crippen LogP contribution in [0, 0.1) is 0 Å². The summed E-state index contributed by atoms with van der Waals surface area (Å²) in [5, 5.41) is 0. The third kappa shape index (κ3) is 2.88. The summed E-state index contributed by atoms with van der Waals surface area (Å²) < 4.78 is 6.81. The third-order valence-electron chi connectivity index (χ3n) is 2.76. The first-order valence-electron chi connectivity index (χ1n) is 6.07. The molecule has 2 N–H and O–H groups in total. The van der Waals surface area contributed by atoms with Crippen LogP contribution >= 0.6 is 11.3 Å². The molecule has 0 atom stereocenters. The van der Waals surface area contributed by atoms with Gasteiger partial charge in [0.1, 0.15) is 17.0 Å². The Kier molecular flexibility index (Phi) is 4.20. The molecule has 0 aliphatic rings. The molecule has 0 unspecified atom stereocenters. The number of hydrogen-bond acceptors (Lipinski definition) is 4. The van der Waals surface area contributed by atoms with Crippen molar-refractivity contribution < 1.29 is 4.74 Å². The van der Waals surface area contributed by atoms with Crippen LogP contribution in [0.4, 0.5) is 5.69 Å². The second kappa shape index (κ2) is 5.87. The normalized spacial score (nSPS) is 10.9. The van der Waals surface area contributed by atoms with Crippen molar-refractivity contribution in [3.63, 3.8) is 0 Å². The number of nitrogens with zero attached hydrogens (tertiary/aromatic N) is 1. The fourth-order valence-corrected chi connectivity index (χ4v) is 2.46. The van der Waals surface area contributed by atoms with Gasteiger partial charge < -0.3 is 10.5 Å². The average molecular weight is 250 g/mol. The lowest BCUT2D eigenvalue weighted by atomic mass is 10.2. The van der Waals surface area contributed by atoms with Gasteiger partial charge in [0.05, 0.1) is 16.8 Å². The number of unbranched alkanes of at least 4 members (excludes halogenated alkanes) is 3. The summed E-state index contributed by atoms with van der Waals surface area (Å²) in [6, 6.07) is 3.96. The minimum Gasteiger partial charge on any atom is -0.491 e. The first kappa shape index (κ1) is 12.2. The first-order valence-corrected chi connectivity index (χ1v) is 6.95. The molecule has 2 rings (SSSR count). The summed E-state index contributed by atoms with van der Waals surface area (Å²) >= 11 is 1.60. The fourth-order valence-electron chi connectivity index (χ4n) is 1.77. The lowest BCUT2D eigenvalue weighted by molar-refractivity contribution is 0.307. The molecule has 0 aliphatic carbocycles. The van der Waals surface area contributed by atoms with Crippen LogP contribution in [-0.4, -0.2) is 11.6 Å². The Bertz CT molecular complexity index is 481. The number of nitrogen functional groups attached to an aromatic ring is 1. The van der Waals surface area contributed by atoms with E-state index in [1.165, 1.54) is 19.3 Å². The third-order valence-corrected chi connectivity index (χ3v) is 3.55. The Hall–Kier alpha value is -1.29. The van der Waals surface area contributed by atoms with Crippen molar-refractivity contribution in [1.82, 2.24) is 4.98 Å². The van der Waals surface area contributed by atoms with Crippen molar-refractivity contribution in [2.75, 3.05) is 12.3 Å². The summed E-state index contributed by atoms with van der Waals surface area (Å²) in [7, 11) is 0. The minimum absolute atomic E-state index is 0.666. The van der Waals surface area contributed by atoms with Gasteiger partial charge in [0.15, 0.2) is 0 Å². The molecule has 3 nitrogen and oxygen atoms in total. The smallest absolute Gasteiger partial charge is 0.144 e. The molecule has 4 heteroatoms. The largest absolute Gasteiger partial charge is 0.491 e. The van der Waals surface area contributed by atoms with E-state index >= 15 is 0 Å². The van der Waals surface area contributed by atoms with Gasteiger partial charge in [-0.3, -0.25) is 0 Å². The Morgan fingerprint density at radius 1 is 1.29 bits per heavy atom. The molecule has 0 amide bonds. The average Bonchev–Trinajstić information content (AvgIpc) is 2.80. The van der Waals surface area contributed by atoms with E-state index in [4.69, 9.17) is 10.5 Å². The number of aromatic nitrogens is 1. The Balaban J connectivity index is 1.96. The number of rotatable bonds is 6. The number of hydrogen-bond donors (Lipinski definition) is 1. The van der Waals surface area contributed by atoms with Crippen molar-refractivity contribution in [3.05, 3.63) is 17.6 Å². The topological polar surface area (TPSA) is 48.1 Å². The predicted molar refractivity (Wildman–Crippen MR) is 73.7 cm³/mol. The molecular weight excluding hydrogens is 232 g/mol. The van der Waals surface area contributed by atoms with Gasteiger partial charge in [-0.25, -0.2) is 4.98 Å². The van der Waals surface area contributed by atoms with Gasteiger partial charge in [-0.1, -0.05) is 26.2 Å². The van der Waals surface area contributed by atoms with Gasteiger partial charge in [-0.05, 0) is 18.6 Å². The highest BCUT2D eigenvalue weighted by Crippen LogP contribution is 2.31. The summed E-state index contributed by atoms with van der Waals surface area (Å²) in [4.78, 5) is 4.25. The summed E-state index contributed by atoms with van der Waals surface area (Å²) in [5.74, 6) is 0.764. The first-order chi connectivity index (χ1) is 8.33. The molecule has 1 aromatic carbocycles. The molecule has 0 saturated heterocycles. The van der Waals surface area contributed by atoms with E-state index in [0.29, 0.717) is 5.69 Å². The highest BCUT2D eigenvalue weighted by atomic mass is 32.1. The van der Waals surface area contributed by atoms with Crippen LogP contribution in [0.3, 0.4) is 0 Å². The van der Waals surface area contributed by atoms with E-state index in [1.54, 1.807) is 11.3 Å². The van der Waals surface area contributed by atoms with E-state index < -0.39 is 0 Å². The molecule has 0 saturated carbocycles. The van der Waals surface area contributed by atoms with Crippen molar-refractivity contribution in [3.8, 4) is 5.75 Å². The van der Waals surface area contributed by atoms with Crippen LogP contribution in [0.15, 0.2) is 17.6 Å². The quantitative estimate of drug-likeness (QED) is 0.626. The lowest BCUT2D eigenvalue weighted by Crippen LogP contribution is -2.00. The van der Waals surface area contributed by atoms with Crippen LogP contribution in [0.2, 0.25) is 0 Å². The monoisotopic (exact) mass is 250 g/mol. The Labute approximate surface area is 106 Å². The number of ether oxygens (including phenoxy) is 1. The van der Waals surface area contributed by atoms with E-state index in [2.05, 4.69) is 11.9 Å². The summed E-state index contributed by atoms with van der Waals surface area (Å²) in [6.45, 7) is 2.94.